The minimum Gasteiger partial charge on any atom is -0.396 e. The van der Waals surface area contributed by atoms with E-state index in [9.17, 15) is 9.50 Å². The van der Waals surface area contributed by atoms with Gasteiger partial charge in [0.1, 0.15) is 5.82 Å². The zero-order valence-electron chi connectivity index (χ0n) is 19.2. The summed E-state index contributed by atoms with van der Waals surface area (Å²) in [5.41, 5.74) is 4.13. The van der Waals surface area contributed by atoms with Gasteiger partial charge in [0.2, 0.25) is 0 Å². The Morgan fingerprint density at radius 2 is 1.18 bits per heavy atom. The number of halogens is 1. The fourth-order valence-electron chi connectivity index (χ4n) is 5.64. The van der Waals surface area contributed by atoms with Crippen LogP contribution in [0.25, 0.3) is 0 Å². The average molecular weight is 452 g/mol. The first-order valence-electron chi connectivity index (χ1n) is 12.0. The predicted octanol–water partition coefficient (Wildman–Crippen LogP) is 6.56. The van der Waals surface area contributed by atoms with Gasteiger partial charge in [-0.25, -0.2) is 4.39 Å². The number of aliphatic hydroxyl groups excluding tert-OH is 1. The van der Waals surface area contributed by atoms with Crippen molar-refractivity contribution in [2.75, 3.05) is 13.2 Å². The van der Waals surface area contributed by atoms with Crippen LogP contribution in [0.4, 0.5) is 4.39 Å². The second-order valence-corrected chi connectivity index (χ2v) is 9.14. The maximum Gasteiger partial charge on any atom is 0.123 e. The predicted molar refractivity (Wildman–Crippen MR) is 135 cm³/mol. The lowest BCUT2D eigenvalue weighted by molar-refractivity contribution is 0.0247. The van der Waals surface area contributed by atoms with Crippen LogP contribution in [0.15, 0.2) is 115 Å². The second-order valence-electron chi connectivity index (χ2n) is 9.14. The summed E-state index contributed by atoms with van der Waals surface area (Å²) >= 11 is 0. The third-order valence-corrected chi connectivity index (χ3v) is 7.23. The Morgan fingerprint density at radius 1 is 0.706 bits per heavy atom. The standard InChI is InChI=1S/C31H30FNO/c32-29-18-16-25(17-19-29)30-22-24(23-34)20-21-33(30)31(26-10-4-1-5-11-26,27-12-6-2-7-13-27)28-14-8-3-9-15-28/h1-19,24,30,34H,20-23H2. The number of nitrogens with zero attached hydrogens (tertiary/aromatic N) is 1. The van der Waals surface area contributed by atoms with Crippen molar-refractivity contribution in [1.29, 1.82) is 0 Å². The number of benzene rings is 4. The van der Waals surface area contributed by atoms with Crippen LogP contribution < -0.4 is 0 Å². The number of piperidine rings is 1. The van der Waals surface area contributed by atoms with Gasteiger partial charge in [-0.15, -0.1) is 0 Å². The van der Waals surface area contributed by atoms with Crippen LogP contribution in [0.2, 0.25) is 0 Å². The molecule has 1 saturated heterocycles. The van der Waals surface area contributed by atoms with E-state index in [1.807, 2.05) is 12.1 Å². The van der Waals surface area contributed by atoms with Crippen molar-refractivity contribution in [3.8, 4) is 0 Å². The molecule has 1 aliphatic heterocycles. The molecule has 4 aromatic rings. The zero-order chi connectivity index (χ0) is 23.4. The van der Waals surface area contributed by atoms with E-state index in [0.717, 1.165) is 24.9 Å². The van der Waals surface area contributed by atoms with Gasteiger partial charge in [0, 0.05) is 19.2 Å². The molecule has 0 aromatic heterocycles. The van der Waals surface area contributed by atoms with E-state index in [1.54, 1.807) is 12.1 Å². The third kappa shape index (κ3) is 4.06. The van der Waals surface area contributed by atoms with Crippen LogP contribution >= 0.6 is 0 Å². The summed E-state index contributed by atoms with van der Waals surface area (Å²) in [5, 5.41) is 10.1. The molecule has 0 amide bonds. The summed E-state index contributed by atoms with van der Waals surface area (Å²) in [5.74, 6) is -0.0171. The molecule has 0 radical (unpaired) electrons. The van der Waals surface area contributed by atoms with Gasteiger partial charge in [-0.05, 0) is 53.1 Å². The number of aliphatic hydroxyl groups is 1. The average Bonchev–Trinajstić information content (AvgIpc) is 2.92. The summed E-state index contributed by atoms with van der Waals surface area (Å²) in [6, 6.07) is 38.9. The van der Waals surface area contributed by atoms with E-state index in [0.29, 0.717) is 0 Å². The molecule has 4 aromatic carbocycles. The van der Waals surface area contributed by atoms with Gasteiger partial charge in [-0.2, -0.15) is 0 Å². The lowest BCUT2D eigenvalue weighted by Gasteiger charge is -2.52. The van der Waals surface area contributed by atoms with Crippen molar-refractivity contribution in [3.05, 3.63) is 143 Å². The summed E-state index contributed by atoms with van der Waals surface area (Å²) in [7, 11) is 0. The first-order chi connectivity index (χ1) is 16.7. The van der Waals surface area contributed by atoms with E-state index in [2.05, 4.69) is 95.9 Å². The molecule has 5 rings (SSSR count). The van der Waals surface area contributed by atoms with Crippen LogP contribution in [-0.2, 0) is 5.54 Å². The third-order valence-electron chi connectivity index (χ3n) is 7.23. The molecule has 1 heterocycles. The van der Waals surface area contributed by atoms with Gasteiger partial charge in [0.15, 0.2) is 0 Å². The minimum atomic E-state index is -0.538. The molecule has 172 valence electrons. The van der Waals surface area contributed by atoms with E-state index in [1.165, 1.54) is 16.7 Å². The van der Waals surface area contributed by atoms with Crippen LogP contribution in [0.1, 0.15) is 41.1 Å². The van der Waals surface area contributed by atoms with Gasteiger partial charge in [0.05, 0.1) is 5.54 Å². The van der Waals surface area contributed by atoms with Crippen molar-refractivity contribution in [1.82, 2.24) is 4.90 Å². The van der Waals surface area contributed by atoms with Crippen LogP contribution in [0, 0.1) is 11.7 Å². The molecule has 1 N–H and O–H groups in total. The Kier molecular flexibility index (Phi) is 6.57. The van der Waals surface area contributed by atoms with E-state index >= 15 is 0 Å². The van der Waals surface area contributed by atoms with E-state index in [4.69, 9.17) is 0 Å². The maximum atomic E-state index is 13.9. The minimum absolute atomic E-state index is 0.0205. The monoisotopic (exact) mass is 451 g/mol. The fraction of sp³-hybridized carbons (Fsp3) is 0.226. The molecular weight excluding hydrogens is 421 g/mol. The summed E-state index contributed by atoms with van der Waals surface area (Å²) in [4.78, 5) is 2.58. The normalized spacial score (nSPS) is 19.1. The Balaban J connectivity index is 1.79. The zero-order valence-corrected chi connectivity index (χ0v) is 19.2. The molecule has 1 fully saturated rings. The molecule has 0 saturated carbocycles. The Bertz CT molecular complexity index is 1080. The Labute approximate surface area is 201 Å². The quantitative estimate of drug-likeness (QED) is 0.336. The largest absolute Gasteiger partial charge is 0.396 e. The van der Waals surface area contributed by atoms with Gasteiger partial charge in [-0.3, -0.25) is 4.90 Å². The second kappa shape index (κ2) is 9.92. The summed E-state index contributed by atoms with van der Waals surface area (Å²) in [6.45, 7) is 0.979. The van der Waals surface area contributed by atoms with E-state index < -0.39 is 5.54 Å². The van der Waals surface area contributed by atoms with Gasteiger partial charge in [0.25, 0.3) is 0 Å². The molecule has 2 nitrogen and oxygen atoms in total. The number of hydrogen-bond donors (Lipinski definition) is 1. The van der Waals surface area contributed by atoms with Crippen molar-refractivity contribution < 1.29 is 9.50 Å². The smallest absolute Gasteiger partial charge is 0.123 e. The lowest BCUT2D eigenvalue weighted by Crippen LogP contribution is -2.53. The topological polar surface area (TPSA) is 23.5 Å². The van der Waals surface area contributed by atoms with Crippen LogP contribution in [0.3, 0.4) is 0 Å². The highest BCUT2D eigenvalue weighted by molar-refractivity contribution is 5.50. The molecule has 3 heteroatoms. The molecule has 2 atom stereocenters. The highest BCUT2D eigenvalue weighted by Crippen LogP contribution is 2.49. The SMILES string of the molecule is OCC1CCN(C(c2ccccc2)(c2ccccc2)c2ccccc2)C(c2ccc(F)cc2)C1. The number of hydrogen-bond acceptors (Lipinski definition) is 2. The van der Waals surface area contributed by atoms with E-state index in [-0.39, 0.29) is 24.4 Å². The first-order valence-corrected chi connectivity index (χ1v) is 12.0. The number of rotatable bonds is 6. The Hall–Kier alpha value is -3.27. The van der Waals surface area contributed by atoms with Crippen LogP contribution in [0.5, 0.6) is 0 Å². The molecular formula is C31H30FNO. The van der Waals surface area contributed by atoms with Crippen molar-refractivity contribution >= 4 is 0 Å². The van der Waals surface area contributed by atoms with Gasteiger partial charge >= 0.3 is 0 Å². The van der Waals surface area contributed by atoms with Gasteiger partial charge in [-0.1, -0.05) is 103 Å². The van der Waals surface area contributed by atoms with Crippen molar-refractivity contribution in [3.63, 3.8) is 0 Å². The van der Waals surface area contributed by atoms with Gasteiger partial charge < -0.3 is 5.11 Å². The summed E-state index contributed by atoms with van der Waals surface area (Å²) in [6.07, 6.45) is 1.72. The fourth-order valence-corrected chi connectivity index (χ4v) is 5.64. The number of likely N-dealkylation sites (tertiary alicyclic amines) is 1. The highest BCUT2D eigenvalue weighted by Gasteiger charge is 2.47. The lowest BCUT2D eigenvalue weighted by atomic mass is 9.72. The molecule has 0 bridgehead atoms. The molecule has 0 aliphatic carbocycles. The molecule has 2 unspecified atom stereocenters. The highest BCUT2D eigenvalue weighted by atomic mass is 19.1. The molecule has 34 heavy (non-hydrogen) atoms. The maximum absolute atomic E-state index is 13.9. The van der Waals surface area contributed by atoms with Crippen LogP contribution in [-0.4, -0.2) is 23.2 Å². The van der Waals surface area contributed by atoms with Crippen molar-refractivity contribution in [2.45, 2.75) is 24.4 Å². The Morgan fingerprint density at radius 3 is 1.62 bits per heavy atom. The van der Waals surface area contributed by atoms with Crippen molar-refractivity contribution in [2.24, 2.45) is 5.92 Å². The summed E-state index contributed by atoms with van der Waals surface area (Å²) < 4.78 is 13.9. The first kappa shape index (κ1) is 22.5. The molecule has 0 spiro atoms. The molecule has 1 aliphatic rings.